The standard InChI is InChI=1S/C59H65N15O9S4/c1-9-73(10-2)47-30-43(45(32-49(47)82-7)69-71-57-60-34-40(85-57)28-41(35(5)75)52(77)61-37-22-16-13-17-23-37)63-55-66-56(68-58(67-55)84-39-26-20-15-21-27-39)64-44-31-48(74(11-3)12-4)50(83-8)33-46(44)70-72-59-65-54(87(79,80)81)51(86-59)29-42(36(6)76)53(78)62-38-24-18-14-19-25-38/h13-14,16-19,22-25,28-34,39H,9-12,15,20-21,26-27H2,1-8H3,(H,61,77)(H,62,78)(H,79,80,81)(H2,63,64,66,67,68)/b41-28+,42-29-,71-69?,72-70?. The second-order valence-electron chi connectivity index (χ2n) is 19.3. The number of carbonyl (C=O) groups is 4. The summed E-state index contributed by atoms with van der Waals surface area (Å²) in [6, 6.07) is 24.2. The lowest BCUT2D eigenvalue weighted by atomic mass is 10.0. The van der Waals surface area contributed by atoms with E-state index in [4.69, 9.17) is 24.4 Å². The minimum atomic E-state index is -5.02. The van der Waals surface area contributed by atoms with Gasteiger partial charge in [0.25, 0.3) is 11.8 Å². The number of carbonyl (C=O) groups excluding carboxylic acids is 4. The zero-order valence-electron chi connectivity index (χ0n) is 49.0. The van der Waals surface area contributed by atoms with Crippen LogP contribution in [0.25, 0.3) is 12.2 Å². The number of thiazole rings is 2. The van der Waals surface area contributed by atoms with Crippen LogP contribution in [0.5, 0.6) is 11.5 Å². The van der Waals surface area contributed by atoms with E-state index in [1.54, 1.807) is 79.9 Å². The Bertz CT molecular complexity index is 3860. The molecule has 0 bridgehead atoms. The van der Waals surface area contributed by atoms with Crippen molar-refractivity contribution in [2.24, 2.45) is 20.5 Å². The van der Waals surface area contributed by atoms with Gasteiger partial charge in [-0.05, 0) is 103 Å². The highest BCUT2D eigenvalue weighted by Gasteiger charge is 2.26. The van der Waals surface area contributed by atoms with Crippen LogP contribution < -0.4 is 40.5 Å². The van der Waals surface area contributed by atoms with Crippen LogP contribution in [0, 0.1) is 0 Å². The molecular weight excluding hydrogens is 1190 g/mol. The van der Waals surface area contributed by atoms with E-state index in [-0.39, 0.29) is 43.5 Å². The first kappa shape index (κ1) is 64.2. The van der Waals surface area contributed by atoms with Crippen LogP contribution in [0.1, 0.15) is 83.4 Å². The largest absolute Gasteiger partial charge is 0.494 e. The Morgan fingerprint density at radius 3 is 1.60 bits per heavy atom. The quantitative estimate of drug-likeness (QED) is 0.0105. The van der Waals surface area contributed by atoms with Gasteiger partial charge in [0.1, 0.15) is 22.9 Å². The van der Waals surface area contributed by atoms with Crippen molar-refractivity contribution < 1.29 is 41.6 Å². The second-order valence-corrected chi connectivity index (χ2v) is 23.9. The Morgan fingerprint density at radius 2 is 1.14 bits per heavy atom. The molecule has 0 atom stereocenters. The van der Waals surface area contributed by atoms with Crippen molar-refractivity contribution in [2.75, 3.05) is 71.5 Å². The van der Waals surface area contributed by atoms with Gasteiger partial charge in [-0.1, -0.05) is 90.1 Å². The Labute approximate surface area is 515 Å². The number of Topliss-reactive ketones (excluding diaryl/α,β-unsaturated/α-hetero) is 2. The van der Waals surface area contributed by atoms with Gasteiger partial charge in [-0.2, -0.15) is 23.4 Å². The Balaban J connectivity index is 1.19. The van der Waals surface area contributed by atoms with Crippen molar-refractivity contribution >= 4 is 148 Å². The normalized spacial score (nSPS) is 13.2. The summed E-state index contributed by atoms with van der Waals surface area (Å²) in [6.45, 7) is 13.0. The maximum absolute atomic E-state index is 13.4. The molecule has 1 aliphatic rings. The van der Waals surface area contributed by atoms with E-state index in [9.17, 15) is 32.1 Å². The number of nitrogens with zero attached hydrogens (tertiary/aromatic N) is 11. The fraction of sp³-hybridized carbons (Fsp3) is 0.305. The smallest absolute Gasteiger partial charge is 0.313 e. The molecule has 5 N–H and O–H groups in total. The molecule has 1 aliphatic carbocycles. The number of para-hydroxylation sites is 2. The summed E-state index contributed by atoms with van der Waals surface area (Å²) in [5.74, 6) is -1.33. The third-order valence-corrected chi connectivity index (χ3v) is 17.3. The lowest BCUT2D eigenvalue weighted by Crippen LogP contribution is -2.22. The summed E-state index contributed by atoms with van der Waals surface area (Å²) in [4.78, 5) is 79.9. The van der Waals surface area contributed by atoms with Crippen LogP contribution in [-0.2, 0) is 29.3 Å². The maximum atomic E-state index is 13.4. The summed E-state index contributed by atoms with van der Waals surface area (Å²) in [6.07, 6.45) is 9.18. The minimum Gasteiger partial charge on any atom is -0.494 e. The fourth-order valence-corrected chi connectivity index (χ4v) is 12.7. The lowest BCUT2D eigenvalue weighted by molar-refractivity contribution is -0.120. The molecule has 7 aromatic rings. The minimum absolute atomic E-state index is 0.0665. The van der Waals surface area contributed by atoms with Crippen LogP contribution >= 0.6 is 34.4 Å². The number of hydrogen-bond acceptors (Lipinski definition) is 24. The number of thioether (sulfide) groups is 1. The molecule has 0 aliphatic heterocycles. The Kier molecular flexibility index (Phi) is 22.1. The van der Waals surface area contributed by atoms with E-state index in [2.05, 4.69) is 61.5 Å². The molecule has 3 aromatic heterocycles. The predicted molar refractivity (Wildman–Crippen MR) is 342 cm³/mol. The summed E-state index contributed by atoms with van der Waals surface area (Å²) in [5, 5.41) is 30.0. The highest BCUT2D eigenvalue weighted by molar-refractivity contribution is 7.99. The Morgan fingerprint density at radius 1 is 0.655 bits per heavy atom. The molecule has 0 unspecified atom stereocenters. The van der Waals surface area contributed by atoms with Crippen LogP contribution in [0.15, 0.2) is 133 Å². The van der Waals surface area contributed by atoms with E-state index >= 15 is 0 Å². The number of ketones is 2. The molecule has 0 radical (unpaired) electrons. The molecule has 0 saturated heterocycles. The van der Waals surface area contributed by atoms with E-state index in [1.807, 2.05) is 39.8 Å². The molecule has 28 heteroatoms. The van der Waals surface area contributed by atoms with Crippen LogP contribution in [0.4, 0.5) is 67.7 Å². The predicted octanol–water partition coefficient (Wildman–Crippen LogP) is 13.7. The summed E-state index contributed by atoms with van der Waals surface area (Å²) in [5.41, 5.74) is 3.16. The van der Waals surface area contributed by atoms with Crippen molar-refractivity contribution in [3.63, 3.8) is 0 Å². The van der Waals surface area contributed by atoms with Crippen LogP contribution in [-0.4, -0.2) is 107 Å². The molecule has 24 nitrogen and oxygen atoms in total. The number of aromatic nitrogens is 5. The summed E-state index contributed by atoms with van der Waals surface area (Å²) in [7, 11) is -1.94. The molecule has 1 saturated carbocycles. The van der Waals surface area contributed by atoms with Gasteiger partial charge in [-0.25, -0.2) is 9.97 Å². The number of ether oxygens (including phenoxy) is 2. The van der Waals surface area contributed by atoms with Gasteiger partial charge in [0.15, 0.2) is 16.7 Å². The zero-order valence-corrected chi connectivity index (χ0v) is 52.3. The Hall–Kier alpha value is -8.83. The number of azo groups is 2. The van der Waals surface area contributed by atoms with Gasteiger partial charge in [-0.15, -0.1) is 20.5 Å². The van der Waals surface area contributed by atoms with Crippen molar-refractivity contribution in [2.45, 2.75) is 89.1 Å². The van der Waals surface area contributed by atoms with Crippen LogP contribution in [0.2, 0.25) is 0 Å². The van der Waals surface area contributed by atoms with E-state index in [0.29, 0.717) is 93.2 Å². The number of anilines is 8. The first-order valence-electron chi connectivity index (χ1n) is 27.8. The first-order chi connectivity index (χ1) is 41.9. The van der Waals surface area contributed by atoms with Crippen molar-refractivity contribution in [3.8, 4) is 11.5 Å². The molecule has 4 aromatic carbocycles. The summed E-state index contributed by atoms with van der Waals surface area (Å²) >= 11 is 3.33. The number of methoxy groups -OCH3 is 2. The average molecular weight is 1260 g/mol. The average Bonchev–Trinajstić information content (AvgIpc) is 4.29. The van der Waals surface area contributed by atoms with E-state index in [0.717, 1.165) is 62.1 Å². The summed E-state index contributed by atoms with van der Waals surface area (Å²) < 4.78 is 47.7. The van der Waals surface area contributed by atoms with Gasteiger partial charge in [-0.3, -0.25) is 23.7 Å². The van der Waals surface area contributed by atoms with Gasteiger partial charge >= 0.3 is 10.1 Å². The highest BCUT2D eigenvalue weighted by Crippen LogP contribution is 2.44. The molecule has 8 rings (SSSR count). The van der Waals surface area contributed by atoms with Gasteiger partial charge in [0.2, 0.25) is 27.2 Å². The number of benzene rings is 4. The topological polar surface area (TPSA) is 310 Å². The van der Waals surface area contributed by atoms with Gasteiger partial charge < -0.3 is 40.5 Å². The van der Waals surface area contributed by atoms with Crippen molar-refractivity contribution in [1.82, 2.24) is 24.9 Å². The number of rotatable bonds is 27. The molecule has 454 valence electrons. The van der Waals surface area contributed by atoms with E-state index < -0.39 is 44.1 Å². The van der Waals surface area contributed by atoms with Crippen molar-refractivity contribution in [3.05, 3.63) is 112 Å². The number of hydrogen-bond donors (Lipinski definition) is 5. The second kappa shape index (κ2) is 30.0. The van der Waals surface area contributed by atoms with Crippen molar-refractivity contribution in [1.29, 1.82) is 0 Å². The third-order valence-electron chi connectivity index (χ3n) is 13.5. The molecule has 3 heterocycles. The molecular formula is C59H65N15O9S4. The number of nitrogens with one attached hydrogen (secondary N) is 4. The monoisotopic (exact) mass is 1260 g/mol. The van der Waals surface area contributed by atoms with Gasteiger partial charge in [0.05, 0.1) is 57.9 Å². The SMILES string of the molecule is CCN(CC)c1cc(Nc2nc(Nc3cc(N(CC)CC)c(OC)cc3N=Nc3nc(S(=O)(=O)O)c(/C=C(/C(C)=O)C(=O)Nc4ccccc4)s3)nc(SC3CCCCC3)n2)c(N=Nc2ncc(/C=C(\C(C)=O)C(=O)Nc3ccccc3)s2)cc1OC. The fourth-order valence-electron chi connectivity index (χ4n) is 9.10. The van der Waals surface area contributed by atoms with Gasteiger partial charge in [0, 0.05) is 61.1 Å². The maximum Gasteiger partial charge on any atom is 0.313 e. The van der Waals surface area contributed by atoms with E-state index in [1.165, 1.54) is 38.1 Å². The zero-order chi connectivity index (χ0) is 62.2. The third kappa shape index (κ3) is 17.0. The first-order valence-corrected chi connectivity index (χ1v) is 31.7. The lowest BCUT2D eigenvalue weighted by Gasteiger charge is -2.25. The van der Waals surface area contributed by atoms with Crippen LogP contribution in [0.3, 0.4) is 0 Å². The molecule has 0 spiro atoms. The number of amides is 2. The highest BCUT2D eigenvalue weighted by atomic mass is 32.2. The molecule has 2 amide bonds. The molecule has 1 fully saturated rings. The molecule has 87 heavy (non-hydrogen) atoms.